The monoisotopic (exact) mass is 703 g/mol. The van der Waals surface area contributed by atoms with E-state index in [1.54, 1.807) is 0 Å². The molecule has 3 nitrogen and oxygen atoms in total. The highest BCUT2D eigenvalue weighted by Crippen LogP contribution is 2.51. The Balaban J connectivity index is 1.22. The van der Waals surface area contributed by atoms with Crippen molar-refractivity contribution in [3.63, 3.8) is 0 Å². The largest absolute Gasteiger partial charge is 0.208 e. The third-order valence-electron chi connectivity index (χ3n) is 11.1. The summed E-state index contributed by atoms with van der Waals surface area (Å²) in [6.45, 7) is 4.62. The number of aromatic nitrogens is 3. The molecule has 1 heterocycles. The van der Waals surface area contributed by atoms with Gasteiger partial charge < -0.3 is 0 Å². The van der Waals surface area contributed by atoms with Gasteiger partial charge >= 0.3 is 0 Å². The first-order valence-corrected chi connectivity index (χ1v) is 18.9. The van der Waals surface area contributed by atoms with Crippen molar-refractivity contribution in [2.75, 3.05) is 0 Å². The molecule has 3 heteroatoms. The molecule has 10 rings (SSSR count). The van der Waals surface area contributed by atoms with Crippen LogP contribution in [0.5, 0.6) is 0 Å². The van der Waals surface area contributed by atoms with Crippen molar-refractivity contribution in [3.8, 4) is 78.7 Å². The van der Waals surface area contributed by atoms with Crippen molar-refractivity contribution in [3.05, 3.63) is 199 Å². The average molecular weight is 704 g/mol. The second-order valence-corrected chi connectivity index (χ2v) is 14.9. The van der Waals surface area contributed by atoms with E-state index < -0.39 is 0 Å². The van der Waals surface area contributed by atoms with Crippen LogP contribution in [0.15, 0.2) is 188 Å². The van der Waals surface area contributed by atoms with E-state index in [1.807, 2.05) is 6.07 Å². The van der Waals surface area contributed by atoms with Crippen molar-refractivity contribution in [2.45, 2.75) is 19.3 Å². The van der Waals surface area contributed by atoms with Gasteiger partial charge in [-0.2, -0.15) is 0 Å². The molecule has 0 N–H and O–H groups in total. The van der Waals surface area contributed by atoms with Crippen LogP contribution < -0.4 is 0 Å². The molecule has 0 bridgehead atoms. The SMILES string of the molecule is CC1(C)c2ccccc2-c2c(-c3nc(-c4cccc(-c5ccccc5)c4)nc(-c4cc(-c5ccccc5)cc(-c5ccc6ccccc6c5)c4)n3)cccc21. The van der Waals surface area contributed by atoms with Gasteiger partial charge in [0.15, 0.2) is 17.5 Å². The molecule has 0 unspecified atom stereocenters. The van der Waals surface area contributed by atoms with Crippen molar-refractivity contribution in [2.24, 2.45) is 0 Å². The molecule has 0 saturated heterocycles. The van der Waals surface area contributed by atoms with Gasteiger partial charge in [0.2, 0.25) is 0 Å². The molecule has 0 atom stereocenters. The van der Waals surface area contributed by atoms with E-state index in [0.29, 0.717) is 17.5 Å². The number of hydrogen-bond acceptors (Lipinski definition) is 3. The number of fused-ring (bicyclic) bond motifs is 4. The second kappa shape index (κ2) is 13.2. The van der Waals surface area contributed by atoms with E-state index in [2.05, 4.69) is 196 Å². The molecule has 0 fully saturated rings. The fourth-order valence-corrected chi connectivity index (χ4v) is 8.25. The van der Waals surface area contributed by atoms with Gasteiger partial charge in [0, 0.05) is 22.1 Å². The summed E-state index contributed by atoms with van der Waals surface area (Å²) in [5.41, 5.74) is 14.5. The standard InChI is InChI=1S/C52H37N3/c1-52(2)46-25-12-11-23-44(46)48-45(24-14-26-47(48)52)51-54-49(40-22-13-21-38(30-40)34-15-5-3-6-16-34)53-50(55-51)43-32-41(35-17-7-4-8-18-35)31-42(33-43)39-28-27-36-19-9-10-20-37(36)29-39/h3-33H,1-2H3. The number of benzene rings is 8. The molecule has 0 spiro atoms. The highest BCUT2D eigenvalue weighted by Gasteiger charge is 2.37. The molecule has 9 aromatic rings. The first kappa shape index (κ1) is 32.7. The molecule has 0 radical (unpaired) electrons. The molecule has 1 aliphatic rings. The van der Waals surface area contributed by atoms with Crippen LogP contribution in [0, 0.1) is 0 Å². The zero-order valence-corrected chi connectivity index (χ0v) is 30.7. The van der Waals surface area contributed by atoms with E-state index in [0.717, 1.165) is 50.1 Å². The minimum Gasteiger partial charge on any atom is -0.208 e. The summed E-state index contributed by atoms with van der Waals surface area (Å²) in [5.74, 6) is 1.93. The lowest BCUT2D eigenvalue weighted by atomic mass is 9.82. The van der Waals surface area contributed by atoms with Crippen LogP contribution in [-0.4, -0.2) is 15.0 Å². The molecule has 0 aliphatic heterocycles. The molecule has 8 aromatic carbocycles. The topological polar surface area (TPSA) is 38.7 Å². The van der Waals surface area contributed by atoms with Gasteiger partial charge in [-0.15, -0.1) is 0 Å². The third-order valence-corrected chi connectivity index (χ3v) is 11.1. The van der Waals surface area contributed by atoms with Gasteiger partial charge in [0.05, 0.1) is 0 Å². The van der Waals surface area contributed by atoms with E-state index in [4.69, 9.17) is 15.0 Å². The summed E-state index contributed by atoms with van der Waals surface area (Å²) in [5, 5.41) is 2.42. The van der Waals surface area contributed by atoms with Gasteiger partial charge in [-0.3, -0.25) is 0 Å². The molecule has 1 aliphatic carbocycles. The molecule has 0 amide bonds. The van der Waals surface area contributed by atoms with Crippen LogP contribution >= 0.6 is 0 Å². The van der Waals surface area contributed by atoms with Crippen LogP contribution in [0.3, 0.4) is 0 Å². The Hall–Kier alpha value is -6.97. The van der Waals surface area contributed by atoms with Gasteiger partial charge in [-0.05, 0) is 96.7 Å². The summed E-state index contributed by atoms with van der Waals surface area (Å²) in [4.78, 5) is 16.0. The predicted octanol–water partition coefficient (Wildman–Crippen LogP) is 13.3. The molecule has 0 saturated carbocycles. The normalized spacial score (nSPS) is 12.7. The van der Waals surface area contributed by atoms with E-state index >= 15 is 0 Å². The summed E-state index contributed by atoms with van der Waals surface area (Å²) in [6.07, 6.45) is 0. The molecule has 1 aromatic heterocycles. The average Bonchev–Trinajstić information content (AvgIpc) is 3.49. The van der Waals surface area contributed by atoms with Crippen LogP contribution in [-0.2, 0) is 5.41 Å². The smallest absolute Gasteiger partial charge is 0.164 e. The minimum absolute atomic E-state index is 0.149. The maximum absolute atomic E-state index is 5.38. The van der Waals surface area contributed by atoms with E-state index in [-0.39, 0.29) is 5.41 Å². The third kappa shape index (κ3) is 5.82. The van der Waals surface area contributed by atoms with Crippen LogP contribution in [0.25, 0.3) is 89.4 Å². The Bertz CT molecular complexity index is 2890. The highest BCUT2D eigenvalue weighted by molar-refractivity contribution is 5.92. The lowest BCUT2D eigenvalue weighted by Gasteiger charge is -2.21. The van der Waals surface area contributed by atoms with Crippen molar-refractivity contribution < 1.29 is 0 Å². The Labute approximate surface area is 321 Å². The van der Waals surface area contributed by atoms with Crippen LogP contribution in [0.2, 0.25) is 0 Å². The van der Waals surface area contributed by atoms with E-state index in [1.165, 1.54) is 33.0 Å². The quantitative estimate of drug-likeness (QED) is 0.173. The number of nitrogens with zero attached hydrogens (tertiary/aromatic N) is 3. The van der Waals surface area contributed by atoms with Crippen LogP contribution in [0.4, 0.5) is 0 Å². The minimum atomic E-state index is -0.149. The van der Waals surface area contributed by atoms with Crippen LogP contribution in [0.1, 0.15) is 25.0 Å². The molecular weight excluding hydrogens is 667 g/mol. The molecular formula is C52H37N3. The molecule has 55 heavy (non-hydrogen) atoms. The van der Waals surface area contributed by atoms with Gasteiger partial charge in [0.1, 0.15) is 0 Å². The summed E-state index contributed by atoms with van der Waals surface area (Å²) in [7, 11) is 0. The lowest BCUT2D eigenvalue weighted by molar-refractivity contribution is 0.660. The first-order valence-electron chi connectivity index (χ1n) is 18.9. The number of rotatable bonds is 6. The fourth-order valence-electron chi connectivity index (χ4n) is 8.25. The summed E-state index contributed by atoms with van der Waals surface area (Å²) < 4.78 is 0. The Morgan fingerprint density at radius 1 is 0.309 bits per heavy atom. The highest BCUT2D eigenvalue weighted by atomic mass is 15.0. The predicted molar refractivity (Wildman–Crippen MR) is 228 cm³/mol. The summed E-state index contributed by atoms with van der Waals surface area (Å²) >= 11 is 0. The molecule has 260 valence electrons. The Morgan fingerprint density at radius 3 is 1.58 bits per heavy atom. The second-order valence-electron chi connectivity index (χ2n) is 14.9. The zero-order chi connectivity index (χ0) is 36.9. The summed E-state index contributed by atoms with van der Waals surface area (Å²) in [6, 6.07) is 66.8. The lowest BCUT2D eigenvalue weighted by Crippen LogP contribution is -2.14. The fraction of sp³-hybridized carbons (Fsp3) is 0.0577. The Kier molecular flexibility index (Phi) is 7.81. The van der Waals surface area contributed by atoms with Gasteiger partial charge in [-0.25, -0.2) is 15.0 Å². The maximum Gasteiger partial charge on any atom is 0.164 e. The maximum atomic E-state index is 5.38. The first-order chi connectivity index (χ1) is 27.0. The van der Waals surface area contributed by atoms with E-state index in [9.17, 15) is 0 Å². The van der Waals surface area contributed by atoms with Crippen molar-refractivity contribution in [1.29, 1.82) is 0 Å². The van der Waals surface area contributed by atoms with Gasteiger partial charge in [0.25, 0.3) is 0 Å². The van der Waals surface area contributed by atoms with Crippen molar-refractivity contribution in [1.82, 2.24) is 15.0 Å². The Morgan fingerprint density at radius 2 is 0.800 bits per heavy atom. The zero-order valence-electron chi connectivity index (χ0n) is 30.7. The van der Waals surface area contributed by atoms with Gasteiger partial charge in [-0.1, -0.05) is 172 Å². The number of hydrogen-bond donors (Lipinski definition) is 0. The van der Waals surface area contributed by atoms with Crippen molar-refractivity contribution >= 4 is 10.8 Å².